The number of nitro groups is 1. The summed E-state index contributed by atoms with van der Waals surface area (Å²) in [4.78, 5) is 22.6. The molecule has 1 heterocycles. The fraction of sp³-hybridized carbons (Fsp3) is 0.462. The zero-order chi connectivity index (χ0) is 13.8. The second-order valence-electron chi connectivity index (χ2n) is 4.82. The molecular formula is C13H15FN2O3. The van der Waals surface area contributed by atoms with E-state index in [2.05, 4.69) is 4.90 Å². The van der Waals surface area contributed by atoms with E-state index >= 15 is 0 Å². The van der Waals surface area contributed by atoms with E-state index in [0.717, 1.165) is 25.7 Å². The van der Waals surface area contributed by atoms with E-state index in [9.17, 15) is 19.3 Å². The van der Waals surface area contributed by atoms with Crippen LogP contribution in [0.4, 0.5) is 10.1 Å². The number of hydrogen-bond donors (Lipinski definition) is 0. The Bertz CT molecular complexity index is 493. The Balaban J connectivity index is 2.05. The highest BCUT2D eigenvalue weighted by Crippen LogP contribution is 2.21. The lowest BCUT2D eigenvalue weighted by molar-refractivity contribution is -0.387. The Hall–Kier alpha value is -1.82. The van der Waals surface area contributed by atoms with Gasteiger partial charge in [-0.3, -0.25) is 15.0 Å². The zero-order valence-electron chi connectivity index (χ0n) is 10.4. The number of likely N-dealkylation sites (tertiary alicyclic amines) is 1. The lowest BCUT2D eigenvalue weighted by Gasteiger charge is -2.30. The molecule has 1 aliphatic rings. The monoisotopic (exact) mass is 266 g/mol. The quantitative estimate of drug-likeness (QED) is 0.476. The van der Waals surface area contributed by atoms with Gasteiger partial charge in [-0.2, -0.15) is 4.39 Å². The van der Waals surface area contributed by atoms with Crippen LogP contribution in [0.3, 0.4) is 0 Å². The van der Waals surface area contributed by atoms with Gasteiger partial charge in [0.25, 0.3) is 0 Å². The summed E-state index contributed by atoms with van der Waals surface area (Å²) in [6.07, 6.45) is 2.80. The van der Waals surface area contributed by atoms with E-state index in [-0.39, 0.29) is 5.92 Å². The van der Waals surface area contributed by atoms with Crippen molar-refractivity contribution in [1.82, 2.24) is 4.90 Å². The molecule has 1 fully saturated rings. The maximum atomic E-state index is 13.5. The Kier molecular flexibility index (Phi) is 4.21. The molecular weight excluding hydrogens is 251 g/mol. The predicted molar refractivity (Wildman–Crippen MR) is 67.1 cm³/mol. The molecule has 2 rings (SSSR count). The van der Waals surface area contributed by atoms with Crippen LogP contribution in [0, 0.1) is 21.8 Å². The Morgan fingerprint density at radius 3 is 2.95 bits per heavy atom. The fourth-order valence-corrected chi connectivity index (χ4v) is 2.40. The molecule has 1 aromatic rings. The number of nitro benzene ring substituents is 1. The molecule has 19 heavy (non-hydrogen) atoms. The van der Waals surface area contributed by atoms with Crippen LogP contribution in [0.25, 0.3) is 0 Å². The van der Waals surface area contributed by atoms with E-state index in [1.807, 2.05) is 0 Å². The first-order chi connectivity index (χ1) is 9.10. The average molecular weight is 266 g/mol. The van der Waals surface area contributed by atoms with Gasteiger partial charge in [0.15, 0.2) is 0 Å². The molecule has 0 aliphatic carbocycles. The molecule has 0 aromatic heterocycles. The molecule has 1 unspecified atom stereocenters. The minimum atomic E-state index is -0.813. The minimum absolute atomic E-state index is 0.0386. The van der Waals surface area contributed by atoms with Crippen molar-refractivity contribution in [3.63, 3.8) is 0 Å². The van der Waals surface area contributed by atoms with Crippen LogP contribution in [0.1, 0.15) is 18.4 Å². The summed E-state index contributed by atoms with van der Waals surface area (Å²) < 4.78 is 13.5. The third-order valence-corrected chi connectivity index (χ3v) is 3.35. The van der Waals surface area contributed by atoms with Gasteiger partial charge in [0.05, 0.1) is 4.92 Å². The van der Waals surface area contributed by atoms with Gasteiger partial charge in [0.1, 0.15) is 6.29 Å². The lowest BCUT2D eigenvalue weighted by atomic mass is 9.99. The van der Waals surface area contributed by atoms with Crippen LogP contribution < -0.4 is 0 Å². The second kappa shape index (κ2) is 5.88. The summed E-state index contributed by atoms with van der Waals surface area (Å²) >= 11 is 0. The van der Waals surface area contributed by atoms with Gasteiger partial charge in [-0.15, -0.1) is 0 Å². The summed E-state index contributed by atoms with van der Waals surface area (Å²) in [5.74, 6) is -0.775. The van der Waals surface area contributed by atoms with Gasteiger partial charge in [-0.05, 0) is 31.0 Å². The number of halogens is 1. The molecule has 1 saturated heterocycles. The number of hydrogen-bond acceptors (Lipinski definition) is 4. The first kappa shape index (κ1) is 13.6. The van der Waals surface area contributed by atoms with Crippen molar-refractivity contribution in [2.45, 2.75) is 19.4 Å². The first-order valence-electron chi connectivity index (χ1n) is 6.20. The molecule has 1 aromatic carbocycles. The smallest absolute Gasteiger partial charge is 0.303 e. The summed E-state index contributed by atoms with van der Waals surface area (Å²) in [6, 6.07) is 3.94. The Morgan fingerprint density at radius 1 is 1.53 bits per heavy atom. The molecule has 0 bridgehead atoms. The predicted octanol–water partition coefficient (Wildman–Crippen LogP) is 2.14. The van der Waals surface area contributed by atoms with Crippen molar-refractivity contribution in [3.05, 3.63) is 39.7 Å². The minimum Gasteiger partial charge on any atom is -0.303 e. The summed E-state index contributed by atoms with van der Waals surface area (Å²) in [7, 11) is 0. The molecule has 0 spiro atoms. The second-order valence-corrected chi connectivity index (χ2v) is 4.82. The van der Waals surface area contributed by atoms with Crippen LogP contribution in [0.2, 0.25) is 0 Å². The van der Waals surface area contributed by atoms with E-state index < -0.39 is 16.4 Å². The van der Waals surface area contributed by atoms with E-state index in [4.69, 9.17) is 0 Å². The highest BCUT2D eigenvalue weighted by molar-refractivity contribution is 5.53. The van der Waals surface area contributed by atoms with Crippen LogP contribution in [-0.2, 0) is 11.3 Å². The van der Waals surface area contributed by atoms with Gasteiger partial charge in [-0.25, -0.2) is 0 Å². The number of piperidine rings is 1. The molecule has 0 saturated carbocycles. The van der Waals surface area contributed by atoms with Gasteiger partial charge in [0.2, 0.25) is 5.82 Å². The van der Waals surface area contributed by atoms with E-state index in [0.29, 0.717) is 18.7 Å². The lowest BCUT2D eigenvalue weighted by Crippen LogP contribution is -2.35. The number of aldehydes is 1. The first-order valence-corrected chi connectivity index (χ1v) is 6.20. The number of rotatable bonds is 4. The Morgan fingerprint density at radius 2 is 2.32 bits per heavy atom. The number of carbonyl (C=O) groups excluding carboxylic acids is 1. The SMILES string of the molecule is O=CC1CCCN(Cc2ccc([N+](=O)[O-])c(F)c2)C1. The normalized spacial score (nSPS) is 20.2. The van der Waals surface area contributed by atoms with Crippen molar-refractivity contribution in [1.29, 1.82) is 0 Å². The fourth-order valence-electron chi connectivity index (χ4n) is 2.40. The number of benzene rings is 1. The van der Waals surface area contributed by atoms with Gasteiger partial charge >= 0.3 is 5.69 Å². The van der Waals surface area contributed by atoms with E-state index in [1.165, 1.54) is 12.1 Å². The molecule has 1 atom stereocenters. The van der Waals surface area contributed by atoms with Crippen molar-refractivity contribution in [3.8, 4) is 0 Å². The van der Waals surface area contributed by atoms with Crippen molar-refractivity contribution >= 4 is 12.0 Å². The van der Waals surface area contributed by atoms with Crippen molar-refractivity contribution in [2.24, 2.45) is 5.92 Å². The van der Waals surface area contributed by atoms with E-state index in [1.54, 1.807) is 6.07 Å². The molecule has 1 aliphatic heterocycles. The van der Waals surface area contributed by atoms with Crippen LogP contribution in [-0.4, -0.2) is 29.2 Å². The number of nitrogens with zero attached hydrogens (tertiary/aromatic N) is 2. The molecule has 0 N–H and O–H groups in total. The van der Waals surface area contributed by atoms with Crippen LogP contribution in [0.15, 0.2) is 18.2 Å². The third-order valence-electron chi connectivity index (χ3n) is 3.35. The zero-order valence-corrected chi connectivity index (χ0v) is 10.4. The molecule has 102 valence electrons. The summed E-state index contributed by atoms with van der Waals surface area (Å²) in [5.41, 5.74) is 0.183. The van der Waals surface area contributed by atoms with Crippen LogP contribution in [0.5, 0.6) is 0 Å². The Labute approximate surface area is 110 Å². The standard InChI is InChI=1S/C13H15FN2O3/c14-12-6-10(3-4-13(12)16(18)19)7-15-5-1-2-11(8-15)9-17/h3-4,6,9,11H,1-2,5,7-8H2. The maximum absolute atomic E-state index is 13.5. The van der Waals surface area contributed by atoms with Crippen molar-refractivity contribution < 1.29 is 14.1 Å². The molecule has 5 nitrogen and oxygen atoms in total. The van der Waals surface area contributed by atoms with Gasteiger partial charge < -0.3 is 4.79 Å². The van der Waals surface area contributed by atoms with Gasteiger partial charge in [-0.1, -0.05) is 6.07 Å². The summed E-state index contributed by atoms with van der Waals surface area (Å²) in [5, 5.41) is 10.5. The molecule has 6 heteroatoms. The highest BCUT2D eigenvalue weighted by Gasteiger charge is 2.20. The largest absolute Gasteiger partial charge is 0.304 e. The summed E-state index contributed by atoms with van der Waals surface area (Å²) in [6.45, 7) is 2.05. The van der Waals surface area contributed by atoms with Crippen LogP contribution >= 0.6 is 0 Å². The topological polar surface area (TPSA) is 63.5 Å². The molecule has 0 amide bonds. The maximum Gasteiger partial charge on any atom is 0.304 e. The van der Waals surface area contributed by atoms with Gasteiger partial charge in [0, 0.05) is 25.1 Å². The number of carbonyl (C=O) groups is 1. The van der Waals surface area contributed by atoms with Crippen molar-refractivity contribution in [2.75, 3.05) is 13.1 Å². The highest BCUT2D eigenvalue weighted by atomic mass is 19.1. The third kappa shape index (κ3) is 3.35. The molecule has 0 radical (unpaired) electrons. The average Bonchev–Trinajstić information content (AvgIpc) is 2.38.